The van der Waals surface area contributed by atoms with Gasteiger partial charge in [0.05, 0.1) is 32.3 Å². The van der Waals surface area contributed by atoms with Crippen molar-refractivity contribution in [2.45, 2.75) is 58.0 Å². The van der Waals surface area contributed by atoms with Crippen LogP contribution in [0.4, 0.5) is 10.2 Å². The molecule has 51 heavy (non-hydrogen) atoms. The number of amides is 1. The van der Waals surface area contributed by atoms with E-state index in [2.05, 4.69) is 22.0 Å². The van der Waals surface area contributed by atoms with Crippen molar-refractivity contribution in [3.63, 3.8) is 0 Å². The van der Waals surface area contributed by atoms with E-state index in [1.54, 1.807) is 20.4 Å². The fourth-order valence-corrected chi connectivity index (χ4v) is 6.68. The molecule has 1 amide bonds. The highest BCUT2D eigenvalue weighted by Gasteiger charge is 2.45. The van der Waals surface area contributed by atoms with Crippen molar-refractivity contribution in [3.8, 4) is 28.5 Å². The summed E-state index contributed by atoms with van der Waals surface area (Å²) in [7, 11) is 4.66. The number of carbonyl (C=O) groups is 2. The number of imidazole rings is 1. The predicted octanol–water partition coefficient (Wildman–Crippen LogP) is 7.03. The lowest BCUT2D eigenvalue weighted by Crippen LogP contribution is -2.39. The number of aliphatic carboxylic acids is 1. The van der Waals surface area contributed by atoms with Crippen LogP contribution in [0.15, 0.2) is 73.1 Å². The summed E-state index contributed by atoms with van der Waals surface area (Å²) in [6.07, 6.45) is 6.05. The number of carboxylic acids is 1. The first-order valence-corrected chi connectivity index (χ1v) is 16.8. The van der Waals surface area contributed by atoms with Crippen LogP contribution in [0, 0.1) is 11.2 Å². The molecular formula is C39H42FN5O6. The number of methoxy groups -OCH3 is 3. The maximum Gasteiger partial charge on any atom is 0.309 e. The highest BCUT2D eigenvalue weighted by Crippen LogP contribution is 2.48. The van der Waals surface area contributed by atoms with Gasteiger partial charge < -0.3 is 30.0 Å². The molecule has 0 saturated heterocycles. The number of nitrogens with one attached hydrogen (secondary N) is 2. The van der Waals surface area contributed by atoms with Gasteiger partial charge in [0.2, 0.25) is 0 Å². The van der Waals surface area contributed by atoms with E-state index in [1.807, 2.05) is 55.6 Å². The Labute approximate surface area is 295 Å². The summed E-state index contributed by atoms with van der Waals surface area (Å²) in [6, 6.07) is 17.2. The fourth-order valence-electron chi connectivity index (χ4n) is 6.68. The van der Waals surface area contributed by atoms with Crippen molar-refractivity contribution < 1.29 is 33.3 Å². The van der Waals surface area contributed by atoms with Crippen LogP contribution in [0.2, 0.25) is 0 Å². The molecule has 11 nitrogen and oxygen atoms in total. The van der Waals surface area contributed by atoms with Gasteiger partial charge in [-0.05, 0) is 68.5 Å². The van der Waals surface area contributed by atoms with E-state index in [9.17, 15) is 19.1 Å². The Kier molecular flexibility index (Phi) is 9.86. The molecule has 5 aromatic rings. The van der Waals surface area contributed by atoms with E-state index in [0.29, 0.717) is 49.5 Å². The molecule has 0 atom stereocenters. The number of anilines is 1. The zero-order valence-corrected chi connectivity index (χ0v) is 29.4. The van der Waals surface area contributed by atoms with Crippen LogP contribution in [0.5, 0.6) is 17.2 Å². The fraction of sp³-hybridized carbons (Fsp3) is 0.333. The first kappa shape index (κ1) is 35.2. The summed E-state index contributed by atoms with van der Waals surface area (Å²) in [5.41, 5.74) is 3.06. The van der Waals surface area contributed by atoms with Crippen molar-refractivity contribution in [1.29, 1.82) is 0 Å². The third-order valence-corrected chi connectivity index (χ3v) is 10.1. The van der Waals surface area contributed by atoms with Gasteiger partial charge in [0.25, 0.3) is 5.91 Å². The first-order chi connectivity index (χ1) is 24.5. The summed E-state index contributed by atoms with van der Waals surface area (Å²) in [4.78, 5) is 35.0. The summed E-state index contributed by atoms with van der Waals surface area (Å²) < 4.78 is 32.2. The van der Waals surface area contributed by atoms with Crippen molar-refractivity contribution in [2.24, 2.45) is 5.41 Å². The van der Waals surface area contributed by atoms with E-state index in [4.69, 9.17) is 24.2 Å². The molecule has 0 unspecified atom stereocenters. The summed E-state index contributed by atoms with van der Waals surface area (Å²) in [5, 5.41) is 16.3. The summed E-state index contributed by atoms with van der Waals surface area (Å²) in [5.74, 6) is 1.38. The lowest BCUT2D eigenvalue weighted by molar-refractivity contribution is -0.150. The third kappa shape index (κ3) is 7.03. The molecule has 2 aromatic heterocycles. The van der Waals surface area contributed by atoms with Gasteiger partial charge in [0.1, 0.15) is 40.1 Å². The number of hydrogen-bond acceptors (Lipinski definition) is 8. The Hall–Kier alpha value is -5.65. The second-order valence-electron chi connectivity index (χ2n) is 13.5. The lowest BCUT2D eigenvalue weighted by Gasteiger charge is -2.40. The maximum atomic E-state index is 13.9. The van der Waals surface area contributed by atoms with Gasteiger partial charge >= 0.3 is 5.97 Å². The van der Waals surface area contributed by atoms with Crippen LogP contribution in [0.3, 0.4) is 0 Å². The SMILES string of the molecule is COc1ccc(CNc2nccn3c2c(-c2ccc(CNC(=O)c4cc(F)ccc4OC)cc2)nc3[C@]2(C)CC[C@@](C)(C(=O)O)CC2)c(OC)c1. The zero-order chi connectivity index (χ0) is 36.3. The van der Waals surface area contributed by atoms with E-state index < -0.39 is 23.1 Å². The Balaban J connectivity index is 1.33. The molecule has 12 heteroatoms. The van der Waals surface area contributed by atoms with Gasteiger partial charge in [-0.15, -0.1) is 0 Å². The zero-order valence-electron chi connectivity index (χ0n) is 29.4. The number of carboxylic acid groups (broad SMARTS) is 1. The minimum atomic E-state index is -0.772. The van der Waals surface area contributed by atoms with Gasteiger partial charge in [-0.2, -0.15) is 0 Å². The molecule has 266 valence electrons. The van der Waals surface area contributed by atoms with Crippen molar-refractivity contribution >= 4 is 23.2 Å². The number of nitrogens with zero attached hydrogens (tertiary/aromatic N) is 3. The number of fused-ring (bicyclic) bond motifs is 1. The van der Waals surface area contributed by atoms with Crippen LogP contribution in [0.25, 0.3) is 16.8 Å². The van der Waals surface area contributed by atoms with Crippen molar-refractivity contribution in [1.82, 2.24) is 19.7 Å². The number of benzene rings is 3. The largest absolute Gasteiger partial charge is 0.497 e. The number of rotatable bonds is 12. The molecule has 0 spiro atoms. The van der Waals surface area contributed by atoms with E-state index in [0.717, 1.165) is 39.8 Å². The number of ether oxygens (including phenoxy) is 3. The van der Waals surface area contributed by atoms with E-state index in [1.165, 1.54) is 19.2 Å². The molecule has 1 fully saturated rings. The Bertz CT molecular complexity index is 2070. The second-order valence-corrected chi connectivity index (χ2v) is 13.5. The van der Waals surface area contributed by atoms with Crippen LogP contribution in [-0.2, 0) is 23.3 Å². The maximum absolute atomic E-state index is 13.9. The third-order valence-electron chi connectivity index (χ3n) is 10.1. The molecule has 0 bridgehead atoms. The van der Waals surface area contributed by atoms with Crippen LogP contribution in [-0.4, -0.2) is 52.7 Å². The monoisotopic (exact) mass is 695 g/mol. The molecule has 3 aromatic carbocycles. The van der Waals surface area contributed by atoms with Crippen LogP contribution in [0.1, 0.15) is 66.8 Å². The van der Waals surface area contributed by atoms with Crippen molar-refractivity contribution in [3.05, 3.63) is 101 Å². The smallest absolute Gasteiger partial charge is 0.309 e. The molecule has 3 N–H and O–H groups in total. The number of carbonyl (C=O) groups excluding carboxylic acids is 1. The van der Waals surface area contributed by atoms with Crippen LogP contribution < -0.4 is 24.8 Å². The first-order valence-electron chi connectivity index (χ1n) is 16.8. The Morgan fingerprint density at radius 2 is 1.63 bits per heavy atom. The molecular weight excluding hydrogens is 653 g/mol. The quantitative estimate of drug-likeness (QED) is 0.126. The molecule has 0 radical (unpaired) electrons. The molecule has 0 aliphatic heterocycles. The highest BCUT2D eigenvalue weighted by molar-refractivity contribution is 5.97. The Morgan fingerprint density at radius 1 is 0.902 bits per heavy atom. The van der Waals surface area contributed by atoms with Crippen molar-refractivity contribution in [2.75, 3.05) is 26.6 Å². The minimum absolute atomic E-state index is 0.116. The summed E-state index contributed by atoms with van der Waals surface area (Å²) in [6.45, 7) is 4.61. The number of hydrogen-bond donors (Lipinski definition) is 3. The molecule has 1 aliphatic carbocycles. The van der Waals surface area contributed by atoms with Gasteiger partial charge in [-0.1, -0.05) is 31.2 Å². The second kappa shape index (κ2) is 14.3. The molecule has 2 heterocycles. The minimum Gasteiger partial charge on any atom is -0.497 e. The lowest BCUT2D eigenvalue weighted by atomic mass is 9.65. The van der Waals surface area contributed by atoms with Gasteiger partial charge in [0, 0.05) is 48.1 Å². The van der Waals surface area contributed by atoms with Gasteiger partial charge in [0.15, 0.2) is 5.82 Å². The molecule has 6 rings (SSSR count). The van der Waals surface area contributed by atoms with E-state index in [-0.39, 0.29) is 23.3 Å². The predicted molar refractivity (Wildman–Crippen MR) is 191 cm³/mol. The normalized spacial score (nSPS) is 18.6. The van der Waals surface area contributed by atoms with Gasteiger partial charge in [-0.3, -0.25) is 14.0 Å². The number of aromatic nitrogens is 3. The Morgan fingerprint density at radius 3 is 2.29 bits per heavy atom. The van der Waals surface area contributed by atoms with E-state index >= 15 is 0 Å². The number of halogens is 1. The topological polar surface area (TPSA) is 136 Å². The standard InChI is InChI=1S/C39H42FN5O6/c1-38(14-16-39(2,17-15-38)37(47)48)36-44-32(25-8-6-24(7-9-25)22-43-35(46)29-20-27(40)11-13-30(29)50-4)33-34(41-18-19-45(33)36)42-23-26-10-12-28(49-3)21-31(26)51-5/h6-13,18-21H,14-17,22-23H2,1-5H3,(H,41,42)(H,43,46)(H,47,48)/t38-,39-. The molecule has 1 aliphatic rings. The average Bonchev–Trinajstić information content (AvgIpc) is 3.55. The summed E-state index contributed by atoms with van der Waals surface area (Å²) >= 11 is 0. The van der Waals surface area contributed by atoms with Crippen LogP contribution >= 0.6 is 0 Å². The molecule has 1 saturated carbocycles. The highest BCUT2D eigenvalue weighted by atomic mass is 19.1. The average molecular weight is 696 g/mol. The van der Waals surface area contributed by atoms with Gasteiger partial charge in [-0.25, -0.2) is 14.4 Å².